The molecule has 1 atom stereocenters. The third-order valence-electron chi connectivity index (χ3n) is 4.80. The average molecular weight is 343 g/mol. The molecule has 1 aromatic heterocycles. The van der Waals surface area contributed by atoms with E-state index in [9.17, 15) is 4.79 Å². The summed E-state index contributed by atoms with van der Waals surface area (Å²) in [5.41, 5.74) is 5.04. The fourth-order valence-electron chi connectivity index (χ4n) is 3.41. The summed E-state index contributed by atoms with van der Waals surface area (Å²) in [6.45, 7) is 4.12. The molecule has 2 aromatic carbocycles. The number of carbonyl (C=O) groups is 1. The summed E-state index contributed by atoms with van der Waals surface area (Å²) in [7, 11) is 0. The van der Waals surface area contributed by atoms with Gasteiger partial charge in [0.15, 0.2) is 0 Å². The molecule has 1 amide bonds. The summed E-state index contributed by atoms with van der Waals surface area (Å²) in [6.07, 6.45) is 2.44. The van der Waals surface area contributed by atoms with Crippen LogP contribution < -0.4 is 10.2 Å². The van der Waals surface area contributed by atoms with Crippen molar-refractivity contribution in [3.05, 3.63) is 89.1 Å². The number of anilines is 2. The number of carbonyl (C=O) groups excluding carboxylic acids is 1. The van der Waals surface area contributed by atoms with E-state index in [1.807, 2.05) is 55.5 Å². The highest BCUT2D eigenvalue weighted by Crippen LogP contribution is 2.37. The molecule has 1 unspecified atom stereocenters. The van der Waals surface area contributed by atoms with Crippen LogP contribution in [0.2, 0.25) is 0 Å². The molecule has 3 aromatic rings. The van der Waals surface area contributed by atoms with E-state index >= 15 is 0 Å². The summed E-state index contributed by atoms with van der Waals surface area (Å²) in [5.74, 6) is 0.631. The summed E-state index contributed by atoms with van der Waals surface area (Å²) in [5, 5.41) is 3.58. The van der Waals surface area contributed by atoms with Crippen LogP contribution in [0.3, 0.4) is 0 Å². The van der Waals surface area contributed by atoms with Gasteiger partial charge in [0.25, 0.3) is 5.91 Å². The Kier molecular flexibility index (Phi) is 4.17. The second-order valence-electron chi connectivity index (χ2n) is 6.51. The van der Waals surface area contributed by atoms with Crippen LogP contribution in [0.1, 0.15) is 40.1 Å². The number of benzene rings is 2. The maximum absolute atomic E-state index is 13.1. The molecule has 4 nitrogen and oxygen atoms in total. The van der Waals surface area contributed by atoms with Gasteiger partial charge in [0.2, 0.25) is 0 Å². The Bertz CT molecular complexity index is 950. The van der Waals surface area contributed by atoms with Gasteiger partial charge in [0.05, 0.1) is 0 Å². The van der Waals surface area contributed by atoms with Crippen molar-refractivity contribution >= 4 is 17.4 Å². The van der Waals surface area contributed by atoms with Crippen molar-refractivity contribution in [3.63, 3.8) is 0 Å². The predicted octanol–water partition coefficient (Wildman–Crippen LogP) is 4.72. The van der Waals surface area contributed by atoms with Gasteiger partial charge in [-0.25, -0.2) is 4.98 Å². The van der Waals surface area contributed by atoms with Crippen LogP contribution in [0.5, 0.6) is 0 Å². The third-order valence-corrected chi connectivity index (χ3v) is 4.80. The highest BCUT2D eigenvalue weighted by atomic mass is 16.2. The van der Waals surface area contributed by atoms with Gasteiger partial charge in [-0.15, -0.1) is 0 Å². The number of hydrogen-bond donors (Lipinski definition) is 1. The van der Waals surface area contributed by atoms with E-state index in [0.29, 0.717) is 5.82 Å². The highest BCUT2D eigenvalue weighted by Gasteiger charge is 2.38. The molecule has 130 valence electrons. The minimum atomic E-state index is -0.276. The lowest BCUT2D eigenvalue weighted by atomic mass is 10.1. The second kappa shape index (κ2) is 6.64. The zero-order valence-corrected chi connectivity index (χ0v) is 14.9. The molecule has 1 N–H and O–H groups in total. The molecule has 2 heterocycles. The lowest BCUT2D eigenvalue weighted by Crippen LogP contribution is -2.33. The highest BCUT2D eigenvalue weighted by molar-refractivity contribution is 6.11. The molecule has 0 bridgehead atoms. The molecule has 1 aliphatic heterocycles. The van der Waals surface area contributed by atoms with E-state index in [1.165, 1.54) is 5.56 Å². The van der Waals surface area contributed by atoms with Crippen molar-refractivity contribution in [2.75, 3.05) is 10.2 Å². The normalized spacial score (nSPS) is 15.8. The minimum Gasteiger partial charge on any atom is -0.361 e. The first-order valence-corrected chi connectivity index (χ1v) is 8.88. The van der Waals surface area contributed by atoms with Crippen LogP contribution in [0, 0.1) is 6.92 Å². The monoisotopic (exact) mass is 343 g/mol. The quantitative estimate of drug-likeness (QED) is 0.745. The van der Waals surface area contributed by atoms with Crippen molar-refractivity contribution in [1.29, 1.82) is 0 Å². The first-order valence-electron chi connectivity index (χ1n) is 8.88. The third kappa shape index (κ3) is 2.73. The van der Waals surface area contributed by atoms with E-state index in [0.717, 1.165) is 28.8 Å². The Labute approximate surface area is 153 Å². The first-order chi connectivity index (χ1) is 12.7. The number of pyridine rings is 1. The Balaban J connectivity index is 1.79. The van der Waals surface area contributed by atoms with Gasteiger partial charge >= 0.3 is 0 Å². The van der Waals surface area contributed by atoms with Crippen molar-refractivity contribution in [2.45, 2.75) is 26.4 Å². The second-order valence-corrected chi connectivity index (χ2v) is 6.51. The summed E-state index contributed by atoms with van der Waals surface area (Å²) in [6, 6.07) is 19.9. The van der Waals surface area contributed by atoms with Crippen LogP contribution in [-0.4, -0.2) is 10.9 Å². The Morgan fingerprint density at radius 3 is 2.58 bits per heavy atom. The Morgan fingerprint density at radius 2 is 1.81 bits per heavy atom. The number of hydrogen-bond acceptors (Lipinski definition) is 3. The Hall–Kier alpha value is -3.14. The summed E-state index contributed by atoms with van der Waals surface area (Å²) < 4.78 is 0. The number of aromatic nitrogens is 1. The number of aryl methyl sites for hydroxylation is 2. The van der Waals surface area contributed by atoms with Gasteiger partial charge in [0, 0.05) is 23.0 Å². The van der Waals surface area contributed by atoms with Gasteiger partial charge in [-0.2, -0.15) is 0 Å². The largest absolute Gasteiger partial charge is 0.361 e. The first kappa shape index (κ1) is 16.3. The molecule has 0 saturated carbocycles. The molecule has 0 radical (unpaired) electrons. The van der Waals surface area contributed by atoms with Gasteiger partial charge in [-0.1, -0.05) is 49.4 Å². The molecule has 0 saturated heterocycles. The predicted molar refractivity (Wildman–Crippen MR) is 104 cm³/mol. The average Bonchev–Trinajstić information content (AvgIpc) is 2.95. The van der Waals surface area contributed by atoms with Crippen LogP contribution in [0.4, 0.5) is 11.5 Å². The SMILES string of the molecule is CCc1ccccc1NC1c2ccccc2C(=O)N1c1ccc(C)cn1. The van der Waals surface area contributed by atoms with Crippen LogP contribution >= 0.6 is 0 Å². The van der Waals surface area contributed by atoms with Crippen LogP contribution in [0.15, 0.2) is 66.9 Å². The molecule has 0 fully saturated rings. The molecule has 4 rings (SSSR count). The van der Waals surface area contributed by atoms with Gasteiger partial charge < -0.3 is 5.32 Å². The molecule has 0 aliphatic carbocycles. The van der Waals surface area contributed by atoms with E-state index in [-0.39, 0.29) is 12.1 Å². The number of nitrogens with zero attached hydrogens (tertiary/aromatic N) is 2. The number of amides is 1. The molecular weight excluding hydrogens is 322 g/mol. The van der Waals surface area contributed by atoms with Gasteiger partial charge in [-0.3, -0.25) is 9.69 Å². The van der Waals surface area contributed by atoms with Crippen molar-refractivity contribution in [2.24, 2.45) is 0 Å². The molecule has 1 aliphatic rings. The lowest BCUT2D eigenvalue weighted by molar-refractivity contribution is 0.0992. The smallest absolute Gasteiger partial charge is 0.261 e. The number of rotatable bonds is 4. The summed E-state index contributed by atoms with van der Waals surface area (Å²) in [4.78, 5) is 19.3. The van der Waals surface area contributed by atoms with Crippen molar-refractivity contribution in [3.8, 4) is 0 Å². The maximum atomic E-state index is 13.1. The summed E-state index contributed by atoms with van der Waals surface area (Å²) >= 11 is 0. The van der Waals surface area contributed by atoms with E-state index < -0.39 is 0 Å². The standard InChI is InChI=1S/C22H21N3O/c1-3-16-8-4-7-11-19(16)24-21-17-9-5-6-10-18(17)22(26)25(21)20-13-12-15(2)14-23-20/h4-14,21,24H,3H2,1-2H3. The molecule has 0 spiro atoms. The molecule has 4 heteroatoms. The van der Waals surface area contributed by atoms with E-state index in [1.54, 1.807) is 11.1 Å². The molecule has 26 heavy (non-hydrogen) atoms. The topological polar surface area (TPSA) is 45.2 Å². The maximum Gasteiger partial charge on any atom is 0.261 e. The van der Waals surface area contributed by atoms with Crippen molar-refractivity contribution in [1.82, 2.24) is 4.98 Å². The fraction of sp³-hybridized carbons (Fsp3) is 0.182. The van der Waals surface area contributed by atoms with Gasteiger partial charge in [0.1, 0.15) is 12.0 Å². The van der Waals surface area contributed by atoms with E-state index in [4.69, 9.17) is 0 Å². The van der Waals surface area contributed by atoms with Crippen LogP contribution in [-0.2, 0) is 6.42 Å². The van der Waals surface area contributed by atoms with Gasteiger partial charge in [-0.05, 0) is 42.7 Å². The van der Waals surface area contributed by atoms with Crippen LogP contribution in [0.25, 0.3) is 0 Å². The minimum absolute atomic E-state index is 0.0246. The molecular formula is C22H21N3O. The lowest BCUT2D eigenvalue weighted by Gasteiger charge is -2.27. The number of nitrogens with one attached hydrogen (secondary N) is 1. The number of fused-ring (bicyclic) bond motifs is 1. The Morgan fingerprint density at radius 1 is 1.04 bits per heavy atom. The number of para-hydroxylation sites is 1. The fourth-order valence-corrected chi connectivity index (χ4v) is 3.41. The zero-order valence-electron chi connectivity index (χ0n) is 14.9. The van der Waals surface area contributed by atoms with Crippen molar-refractivity contribution < 1.29 is 4.79 Å². The zero-order chi connectivity index (χ0) is 18.1. The van der Waals surface area contributed by atoms with E-state index in [2.05, 4.69) is 29.4 Å².